The molecule has 0 atom stereocenters. The number of nitrogens with one attached hydrogen (secondary N) is 1. The topological polar surface area (TPSA) is 37.8 Å². The third kappa shape index (κ3) is 2.74. The molecule has 0 aromatic carbocycles. The molecule has 5 heteroatoms. The van der Waals surface area contributed by atoms with Crippen molar-refractivity contribution in [3.05, 3.63) is 40.1 Å². The lowest BCUT2D eigenvalue weighted by molar-refractivity contribution is 1.15. The van der Waals surface area contributed by atoms with Gasteiger partial charge in [0.15, 0.2) is 0 Å². The second-order valence-corrected chi connectivity index (χ2v) is 4.68. The van der Waals surface area contributed by atoms with Crippen molar-refractivity contribution in [2.75, 3.05) is 11.9 Å². The molecule has 1 N–H and O–H groups in total. The number of aromatic nitrogens is 2. The van der Waals surface area contributed by atoms with E-state index in [4.69, 9.17) is 23.2 Å². The van der Waals surface area contributed by atoms with Gasteiger partial charge in [-0.25, -0.2) is 4.98 Å². The molecule has 18 heavy (non-hydrogen) atoms. The summed E-state index contributed by atoms with van der Waals surface area (Å²) in [5.74, 6) is 0.638. The van der Waals surface area contributed by atoms with Crippen LogP contribution in [-0.2, 0) is 0 Å². The summed E-state index contributed by atoms with van der Waals surface area (Å²) in [7, 11) is 0. The highest BCUT2D eigenvalue weighted by molar-refractivity contribution is 6.37. The van der Waals surface area contributed by atoms with Crippen LogP contribution < -0.4 is 5.32 Å². The van der Waals surface area contributed by atoms with E-state index in [1.807, 2.05) is 26.0 Å². The number of rotatable bonds is 3. The predicted octanol–water partition coefficient (Wildman–Crippen LogP) is 4.19. The number of halogens is 2. The second kappa shape index (κ2) is 5.55. The molecule has 3 nitrogen and oxygen atoms in total. The normalized spacial score (nSPS) is 10.4. The molecular formula is C13H13Cl2N3. The molecule has 0 unspecified atom stereocenters. The van der Waals surface area contributed by atoms with Crippen molar-refractivity contribution >= 4 is 29.0 Å². The van der Waals surface area contributed by atoms with Crippen molar-refractivity contribution in [2.45, 2.75) is 13.8 Å². The lowest BCUT2D eigenvalue weighted by Gasteiger charge is -2.09. The van der Waals surface area contributed by atoms with Crippen LogP contribution in [0.2, 0.25) is 10.0 Å². The van der Waals surface area contributed by atoms with Gasteiger partial charge in [0.1, 0.15) is 5.82 Å². The molecule has 0 spiro atoms. The van der Waals surface area contributed by atoms with Crippen molar-refractivity contribution < 1.29 is 0 Å². The van der Waals surface area contributed by atoms with Crippen molar-refractivity contribution in [3.63, 3.8) is 0 Å². The zero-order valence-electron chi connectivity index (χ0n) is 10.2. The Morgan fingerprint density at radius 3 is 2.61 bits per heavy atom. The third-order valence-electron chi connectivity index (χ3n) is 2.46. The van der Waals surface area contributed by atoms with Gasteiger partial charge in [-0.05, 0) is 32.0 Å². The van der Waals surface area contributed by atoms with Crippen molar-refractivity contribution in [3.8, 4) is 11.3 Å². The van der Waals surface area contributed by atoms with Gasteiger partial charge < -0.3 is 5.32 Å². The summed E-state index contributed by atoms with van der Waals surface area (Å²) in [4.78, 5) is 8.69. The van der Waals surface area contributed by atoms with Gasteiger partial charge in [0.2, 0.25) is 0 Å². The maximum Gasteiger partial charge on any atom is 0.145 e. The molecule has 0 aliphatic rings. The molecule has 0 saturated heterocycles. The van der Waals surface area contributed by atoms with Crippen LogP contribution in [0.25, 0.3) is 11.3 Å². The van der Waals surface area contributed by atoms with E-state index >= 15 is 0 Å². The Morgan fingerprint density at radius 1 is 1.22 bits per heavy atom. The molecule has 94 valence electrons. The summed E-state index contributed by atoms with van der Waals surface area (Å²) in [6.45, 7) is 4.67. The fourth-order valence-electron chi connectivity index (χ4n) is 1.57. The van der Waals surface area contributed by atoms with E-state index in [9.17, 15) is 0 Å². The van der Waals surface area contributed by atoms with E-state index in [2.05, 4.69) is 15.3 Å². The molecule has 0 fully saturated rings. The zero-order chi connectivity index (χ0) is 13.1. The highest BCUT2D eigenvalue weighted by atomic mass is 35.5. The number of hydrogen-bond acceptors (Lipinski definition) is 3. The Bertz CT molecular complexity index is 553. The van der Waals surface area contributed by atoms with Crippen LogP contribution in [0.5, 0.6) is 0 Å². The number of hydrogen-bond donors (Lipinski definition) is 1. The van der Waals surface area contributed by atoms with Crippen LogP contribution in [0.4, 0.5) is 5.82 Å². The van der Waals surface area contributed by atoms with Crippen LogP contribution in [-0.4, -0.2) is 16.5 Å². The molecule has 0 bridgehead atoms. The highest BCUT2D eigenvalue weighted by Crippen LogP contribution is 2.32. The SMILES string of the molecule is CCNc1nc(-c2ccc(C)nc2)c(Cl)cc1Cl. The van der Waals surface area contributed by atoms with Crippen LogP contribution in [0.1, 0.15) is 12.6 Å². The Kier molecular flexibility index (Phi) is 4.04. The van der Waals surface area contributed by atoms with E-state index in [0.29, 0.717) is 21.6 Å². The molecule has 0 amide bonds. The first-order chi connectivity index (χ1) is 8.61. The molecule has 0 aliphatic heterocycles. The molecule has 0 radical (unpaired) electrons. The standard InChI is InChI=1S/C13H13Cl2N3/c1-3-16-13-11(15)6-10(14)12(18-13)9-5-4-8(2)17-7-9/h4-7H,3H2,1-2H3,(H,16,18). The van der Waals surface area contributed by atoms with Crippen LogP contribution >= 0.6 is 23.2 Å². The van der Waals surface area contributed by atoms with E-state index in [1.165, 1.54) is 0 Å². The summed E-state index contributed by atoms with van der Waals surface area (Å²) in [6, 6.07) is 5.57. The minimum absolute atomic E-state index is 0.519. The van der Waals surface area contributed by atoms with Crippen molar-refractivity contribution in [1.82, 2.24) is 9.97 Å². The Labute approximate surface area is 116 Å². The lowest BCUT2D eigenvalue weighted by Crippen LogP contribution is -2.01. The first-order valence-corrected chi connectivity index (χ1v) is 6.40. The largest absolute Gasteiger partial charge is 0.369 e. The van der Waals surface area contributed by atoms with Crippen LogP contribution in [0.15, 0.2) is 24.4 Å². The highest BCUT2D eigenvalue weighted by Gasteiger charge is 2.10. The third-order valence-corrected chi connectivity index (χ3v) is 3.03. The van der Waals surface area contributed by atoms with Gasteiger partial charge >= 0.3 is 0 Å². The van der Waals surface area contributed by atoms with Gasteiger partial charge in [0.25, 0.3) is 0 Å². The summed E-state index contributed by atoms with van der Waals surface area (Å²) in [5.41, 5.74) is 2.52. The summed E-state index contributed by atoms with van der Waals surface area (Å²) in [6.07, 6.45) is 1.76. The number of aryl methyl sites for hydroxylation is 1. The first-order valence-electron chi connectivity index (χ1n) is 5.64. The maximum atomic E-state index is 6.17. The molecule has 0 saturated carbocycles. The second-order valence-electron chi connectivity index (χ2n) is 3.87. The van der Waals surface area contributed by atoms with Gasteiger partial charge in [0, 0.05) is 24.0 Å². The molecule has 2 aromatic heterocycles. The van der Waals surface area contributed by atoms with E-state index in [0.717, 1.165) is 17.8 Å². The fourth-order valence-corrected chi connectivity index (χ4v) is 2.10. The van der Waals surface area contributed by atoms with Gasteiger partial charge in [-0.15, -0.1) is 0 Å². The number of pyridine rings is 2. The van der Waals surface area contributed by atoms with Gasteiger partial charge in [-0.3, -0.25) is 4.98 Å². The monoisotopic (exact) mass is 281 g/mol. The minimum atomic E-state index is 0.519. The molecule has 0 aliphatic carbocycles. The van der Waals surface area contributed by atoms with Gasteiger partial charge in [0.05, 0.1) is 15.7 Å². The zero-order valence-corrected chi connectivity index (χ0v) is 11.7. The average molecular weight is 282 g/mol. The van der Waals surface area contributed by atoms with Gasteiger partial charge in [-0.2, -0.15) is 0 Å². The molecule has 2 heterocycles. The Balaban J connectivity index is 2.49. The average Bonchev–Trinajstić information content (AvgIpc) is 2.34. The maximum absolute atomic E-state index is 6.17. The smallest absolute Gasteiger partial charge is 0.145 e. The van der Waals surface area contributed by atoms with Crippen molar-refractivity contribution in [1.29, 1.82) is 0 Å². The van der Waals surface area contributed by atoms with E-state index in [1.54, 1.807) is 12.3 Å². The first kappa shape index (κ1) is 13.1. The van der Waals surface area contributed by atoms with Crippen LogP contribution in [0, 0.1) is 6.92 Å². The summed E-state index contributed by atoms with van der Waals surface area (Å²) < 4.78 is 0. The fraction of sp³-hybridized carbons (Fsp3) is 0.231. The van der Waals surface area contributed by atoms with Crippen molar-refractivity contribution in [2.24, 2.45) is 0 Å². The Hall–Kier alpha value is -1.32. The minimum Gasteiger partial charge on any atom is -0.369 e. The predicted molar refractivity (Wildman–Crippen MR) is 76.4 cm³/mol. The molecular weight excluding hydrogens is 269 g/mol. The summed E-state index contributed by atoms with van der Waals surface area (Å²) in [5, 5.41) is 4.14. The quantitative estimate of drug-likeness (QED) is 0.917. The molecule has 2 rings (SSSR count). The Morgan fingerprint density at radius 2 is 2.00 bits per heavy atom. The van der Waals surface area contributed by atoms with E-state index in [-0.39, 0.29) is 0 Å². The number of anilines is 1. The summed E-state index contributed by atoms with van der Waals surface area (Å²) >= 11 is 12.2. The lowest BCUT2D eigenvalue weighted by atomic mass is 10.2. The van der Waals surface area contributed by atoms with Crippen LogP contribution in [0.3, 0.4) is 0 Å². The van der Waals surface area contributed by atoms with Gasteiger partial charge in [-0.1, -0.05) is 23.2 Å². The van der Waals surface area contributed by atoms with E-state index < -0.39 is 0 Å². The number of nitrogens with zero attached hydrogens (tertiary/aromatic N) is 2. The molecule has 2 aromatic rings.